The molecular formula is C17H18N2O. The first kappa shape index (κ1) is 13.0. The van der Waals surface area contributed by atoms with E-state index >= 15 is 0 Å². The Morgan fingerprint density at radius 2 is 1.90 bits per heavy atom. The molecule has 2 aromatic carbocycles. The summed E-state index contributed by atoms with van der Waals surface area (Å²) in [6.07, 6.45) is 1.70. The predicted octanol–water partition coefficient (Wildman–Crippen LogP) is 2.92. The average Bonchev–Trinajstić information content (AvgIpc) is 2.44. The summed E-state index contributed by atoms with van der Waals surface area (Å²) in [5.41, 5.74) is 1.87. The molecular weight excluding hydrogens is 248 g/mol. The number of rotatable bonds is 3. The van der Waals surface area contributed by atoms with Gasteiger partial charge in [0.05, 0.1) is 17.7 Å². The fourth-order valence-electron chi connectivity index (χ4n) is 3.05. The highest BCUT2D eigenvalue weighted by Gasteiger charge is 2.28. The lowest BCUT2D eigenvalue weighted by Crippen LogP contribution is -2.37. The summed E-state index contributed by atoms with van der Waals surface area (Å²) in [4.78, 5) is 2.24. The van der Waals surface area contributed by atoms with Crippen molar-refractivity contribution in [1.29, 1.82) is 5.26 Å². The summed E-state index contributed by atoms with van der Waals surface area (Å²) in [5.74, 6) is 0.574. The molecule has 1 aliphatic carbocycles. The zero-order valence-electron chi connectivity index (χ0n) is 11.6. The Labute approximate surface area is 119 Å². The summed E-state index contributed by atoms with van der Waals surface area (Å²) in [7, 11) is 2.08. The summed E-state index contributed by atoms with van der Waals surface area (Å²) in [5, 5.41) is 20.7. The van der Waals surface area contributed by atoms with Gasteiger partial charge in [-0.2, -0.15) is 5.26 Å². The Kier molecular flexibility index (Phi) is 3.33. The van der Waals surface area contributed by atoms with Crippen LogP contribution in [0.3, 0.4) is 0 Å². The van der Waals surface area contributed by atoms with Gasteiger partial charge in [-0.3, -0.25) is 0 Å². The van der Waals surface area contributed by atoms with Crippen molar-refractivity contribution in [2.45, 2.75) is 18.9 Å². The van der Waals surface area contributed by atoms with Crippen molar-refractivity contribution in [3.63, 3.8) is 0 Å². The highest BCUT2D eigenvalue weighted by Crippen LogP contribution is 2.32. The Hall–Kier alpha value is -2.05. The van der Waals surface area contributed by atoms with Crippen LogP contribution >= 0.6 is 0 Å². The SMILES string of the molecule is CN(CC1CC(O)C1)c1ccc(C#N)c2ccccc12. The van der Waals surface area contributed by atoms with E-state index in [9.17, 15) is 10.4 Å². The smallest absolute Gasteiger partial charge is 0.0998 e. The van der Waals surface area contributed by atoms with E-state index in [-0.39, 0.29) is 6.10 Å². The van der Waals surface area contributed by atoms with Gasteiger partial charge in [0.2, 0.25) is 0 Å². The van der Waals surface area contributed by atoms with Gasteiger partial charge in [-0.25, -0.2) is 0 Å². The van der Waals surface area contributed by atoms with Gasteiger partial charge in [-0.05, 0) is 30.9 Å². The van der Waals surface area contributed by atoms with Crippen LogP contribution in [-0.4, -0.2) is 24.8 Å². The average molecular weight is 266 g/mol. The first-order valence-corrected chi connectivity index (χ1v) is 7.00. The van der Waals surface area contributed by atoms with E-state index in [0.717, 1.165) is 41.4 Å². The molecule has 2 aromatic rings. The Morgan fingerprint density at radius 3 is 2.55 bits per heavy atom. The van der Waals surface area contributed by atoms with E-state index in [1.807, 2.05) is 30.3 Å². The summed E-state index contributed by atoms with van der Waals surface area (Å²) >= 11 is 0. The number of aliphatic hydroxyl groups is 1. The Bertz CT molecular complexity index is 668. The van der Waals surface area contributed by atoms with Crippen LogP contribution in [0, 0.1) is 17.2 Å². The van der Waals surface area contributed by atoms with E-state index in [1.165, 1.54) is 0 Å². The van der Waals surface area contributed by atoms with Gasteiger partial charge in [-0.15, -0.1) is 0 Å². The van der Waals surface area contributed by atoms with Crippen molar-refractivity contribution in [2.75, 3.05) is 18.5 Å². The van der Waals surface area contributed by atoms with Gasteiger partial charge in [0.15, 0.2) is 0 Å². The van der Waals surface area contributed by atoms with Gasteiger partial charge in [0.1, 0.15) is 0 Å². The number of nitrogens with zero attached hydrogens (tertiary/aromatic N) is 2. The number of benzene rings is 2. The van der Waals surface area contributed by atoms with E-state index in [2.05, 4.69) is 24.1 Å². The normalized spacial score (nSPS) is 21.2. The van der Waals surface area contributed by atoms with Gasteiger partial charge in [0, 0.05) is 30.1 Å². The highest BCUT2D eigenvalue weighted by molar-refractivity contribution is 5.97. The molecule has 0 atom stereocenters. The lowest BCUT2D eigenvalue weighted by atomic mass is 9.82. The van der Waals surface area contributed by atoms with Crippen molar-refractivity contribution in [2.24, 2.45) is 5.92 Å². The molecule has 3 heteroatoms. The Morgan fingerprint density at radius 1 is 1.20 bits per heavy atom. The first-order chi connectivity index (χ1) is 9.69. The summed E-state index contributed by atoms with van der Waals surface area (Å²) in [6.45, 7) is 0.951. The number of hydrogen-bond donors (Lipinski definition) is 1. The standard InChI is InChI=1S/C17H18N2O/c1-19(11-12-8-14(20)9-12)17-7-6-13(10-18)15-4-2-3-5-16(15)17/h2-7,12,14,20H,8-9,11H2,1H3. The predicted molar refractivity (Wildman–Crippen MR) is 80.7 cm³/mol. The largest absolute Gasteiger partial charge is 0.393 e. The zero-order chi connectivity index (χ0) is 14.1. The van der Waals surface area contributed by atoms with Crippen LogP contribution in [0.25, 0.3) is 10.8 Å². The van der Waals surface area contributed by atoms with Crippen LogP contribution in [-0.2, 0) is 0 Å². The molecule has 1 aliphatic rings. The van der Waals surface area contributed by atoms with Crippen LogP contribution in [0.15, 0.2) is 36.4 Å². The van der Waals surface area contributed by atoms with Crippen LogP contribution in [0.2, 0.25) is 0 Å². The van der Waals surface area contributed by atoms with Gasteiger partial charge >= 0.3 is 0 Å². The molecule has 0 radical (unpaired) electrons. The highest BCUT2D eigenvalue weighted by atomic mass is 16.3. The van der Waals surface area contributed by atoms with Gasteiger partial charge in [0.25, 0.3) is 0 Å². The number of anilines is 1. The van der Waals surface area contributed by atoms with Crippen LogP contribution < -0.4 is 4.90 Å². The van der Waals surface area contributed by atoms with Gasteiger partial charge in [-0.1, -0.05) is 24.3 Å². The molecule has 1 N–H and O–H groups in total. The zero-order valence-corrected chi connectivity index (χ0v) is 11.6. The molecule has 20 heavy (non-hydrogen) atoms. The fourth-order valence-corrected chi connectivity index (χ4v) is 3.05. The van der Waals surface area contributed by atoms with Crippen molar-refractivity contribution in [1.82, 2.24) is 0 Å². The van der Waals surface area contributed by atoms with Crippen LogP contribution in [0.5, 0.6) is 0 Å². The van der Waals surface area contributed by atoms with Crippen molar-refractivity contribution < 1.29 is 5.11 Å². The lowest BCUT2D eigenvalue weighted by molar-refractivity contribution is 0.0465. The van der Waals surface area contributed by atoms with Crippen molar-refractivity contribution >= 4 is 16.5 Å². The maximum atomic E-state index is 9.39. The van der Waals surface area contributed by atoms with Gasteiger partial charge < -0.3 is 10.0 Å². The molecule has 0 aromatic heterocycles. The second-order valence-electron chi connectivity index (χ2n) is 5.66. The third-order valence-electron chi connectivity index (χ3n) is 4.18. The molecule has 0 amide bonds. The quantitative estimate of drug-likeness (QED) is 0.929. The van der Waals surface area contributed by atoms with E-state index < -0.39 is 0 Å². The first-order valence-electron chi connectivity index (χ1n) is 7.00. The minimum absolute atomic E-state index is 0.105. The second-order valence-corrected chi connectivity index (χ2v) is 5.66. The third-order valence-corrected chi connectivity index (χ3v) is 4.18. The molecule has 3 nitrogen and oxygen atoms in total. The lowest BCUT2D eigenvalue weighted by Gasteiger charge is -2.35. The maximum absolute atomic E-state index is 9.39. The van der Waals surface area contributed by atoms with Crippen molar-refractivity contribution in [3.05, 3.63) is 42.0 Å². The molecule has 0 heterocycles. The van der Waals surface area contributed by atoms with E-state index in [1.54, 1.807) is 0 Å². The third kappa shape index (κ3) is 2.23. The Balaban J connectivity index is 1.93. The molecule has 3 rings (SSSR count). The monoisotopic (exact) mass is 266 g/mol. The van der Waals surface area contributed by atoms with E-state index in [4.69, 9.17) is 0 Å². The molecule has 0 saturated heterocycles. The maximum Gasteiger partial charge on any atom is 0.0998 e. The molecule has 0 bridgehead atoms. The van der Waals surface area contributed by atoms with Crippen LogP contribution in [0.1, 0.15) is 18.4 Å². The molecule has 0 aliphatic heterocycles. The number of fused-ring (bicyclic) bond motifs is 1. The van der Waals surface area contributed by atoms with E-state index in [0.29, 0.717) is 5.92 Å². The molecule has 1 fully saturated rings. The minimum Gasteiger partial charge on any atom is -0.393 e. The number of aliphatic hydroxyl groups excluding tert-OH is 1. The molecule has 102 valence electrons. The molecule has 1 saturated carbocycles. The van der Waals surface area contributed by atoms with Crippen molar-refractivity contribution in [3.8, 4) is 6.07 Å². The van der Waals surface area contributed by atoms with Crippen LogP contribution in [0.4, 0.5) is 5.69 Å². The number of hydrogen-bond acceptors (Lipinski definition) is 3. The summed E-state index contributed by atoms with van der Waals surface area (Å²) < 4.78 is 0. The summed E-state index contributed by atoms with van der Waals surface area (Å²) in [6, 6.07) is 14.2. The minimum atomic E-state index is -0.105. The second kappa shape index (κ2) is 5.15. The number of nitriles is 1. The fraction of sp³-hybridized carbons (Fsp3) is 0.353. The topological polar surface area (TPSA) is 47.3 Å². The molecule has 0 unspecified atom stereocenters. The molecule has 0 spiro atoms.